The highest BCUT2D eigenvalue weighted by Crippen LogP contribution is 2.20. The zero-order valence-corrected chi connectivity index (χ0v) is 13.5. The van der Waals surface area contributed by atoms with Crippen LogP contribution in [0.1, 0.15) is 21.5 Å². The van der Waals surface area contributed by atoms with Crippen LogP contribution < -0.4 is 0 Å². The standard InChI is InChI=1S/C22H18O2/c1-24-22(23)21-15-11-18(12-16-21)8-7-17-9-13-20(14-10-17)19-5-3-2-4-6-19/h2-16H,1H3. The lowest BCUT2D eigenvalue weighted by atomic mass is 10.0. The molecule has 0 amide bonds. The third-order valence-electron chi connectivity index (χ3n) is 3.82. The van der Waals surface area contributed by atoms with E-state index >= 15 is 0 Å². The maximum Gasteiger partial charge on any atom is 0.337 e. The molecule has 0 N–H and O–H groups in total. The van der Waals surface area contributed by atoms with Gasteiger partial charge in [0, 0.05) is 0 Å². The Hall–Kier alpha value is -3.13. The smallest absolute Gasteiger partial charge is 0.337 e. The molecule has 0 atom stereocenters. The lowest BCUT2D eigenvalue weighted by Crippen LogP contribution is -2.00. The summed E-state index contributed by atoms with van der Waals surface area (Å²) in [5.74, 6) is -0.318. The van der Waals surface area contributed by atoms with Crippen LogP contribution in [-0.4, -0.2) is 13.1 Å². The Kier molecular flexibility index (Phi) is 4.87. The molecule has 0 aromatic heterocycles. The Balaban J connectivity index is 1.71. The highest BCUT2D eigenvalue weighted by molar-refractivity contribution is 5.89. The zero-order valence-electron chi connectivity index (χ0n) is 13.5. The van der Waals surface area contributed by atoms with Gasteiger partial charge in [0.2, 0.25) is 0 Å². The minimum absolute atomic E-state index is 0.318. The Labute approximate surface area is 142 Å². The highest BCUT2D eigenvalue weighted by Gasteiger charge is 2.03. The zero-order chi connectivity index (χ0) is 16.8. The van der Waals surface area contributed by atoms with Crippen LogP contribution >= 0.6 is 0 Å². The first-order valence-corrected chi connectivity index (χ1v) is 7.78. The van der Waals surface area contributed by atoms with E-state index in [9.17, 15) is 4.79 Å². The van der Waals surface area contributed by atoms with Crippen LogP contribution in [0.25, 0.3) is 23.3 Å². The molecule has 0 bridgehead atoms. The van der Waals surface area contributed by atoms with Crippen LogP contribution in [0.15, 0.2) is 78.9 Å². The molecule has 3 rings (SSSR count). The van der Waals surface area contributed by atoms with Crippen molar-refractivity contribution >= 4 is 18.1 Å². The number of methoxy groups -OCH3 is 1. The number of benzene rings is 3. The number of carbonyl (C=O) groups is 1. The van der Waals surface area contributed by atoms with Gasteiger partial charge in [0.1, 0.15) is 0 Å². The Bertz CT molecular complexity index is 829. The number of hydrogen-bond acceptors (Lipinski definition) is 2. The summed E-state index contributed by atoms with van der Waals surface area (Å²) in [5.41, 5.74) is 5.14. The molecule has 0 saturated carbocycles. The lowest BCUT2D eigenvalue weighted by Gasteiger charge is -2.02. The van der Waals surface area contributed by atoms with Crippen LogP contribution in [0.5, 0.6) is 0 Å². The largest absolute Gasteiger partial charge is 0.465 e. The summed E-state index contributed by atoms with van der Waals surface area (Å²) in [5, 5.41) is 0. The van der Waals surface area contributed by atoms with Crippen molar-refractivity contribution in [2.45, 2.75) is 0 Å². The monoisotopic (exact) mass is 314 g/mol. The molecule has 0 saturated heterocycles. The minimum Gasteiger partial charge on any atom is -0.465 e. The van der Waals surface area contributed by atoms with E-state index in [1.807, 2.05) is 36.4 Å². The van der Waals surface area contributed by atoms with Gasteiger partial charge in [0.15, 0.2) is 0 Å². The quantitative estimate of drug-likeness (QED) is 0.482. The van der Waals surface area contributed by atoms with Gasteiger partial charge in [-0.1, -0.05) is 78.9 Å². The van der Waals surface area contributed by atoms with Gasteiger partial charge in [-0.05, 0) is 34.4 Å². The van der Waals surface area contributed by atoms with Crippen molar-refractivity contribution in [2.24, 2.45) is 0 Å². The van der Waals surface area contributed by atoms with E-state index in [4.69, 9.17) is 4.74 Å². The fourth-order valence-electron chi connectivity index (χ4n) is 2.46. The van der Waals surface area contributed by atoms with Gasteiger partial charge >= 0.3 is 5.97 Å². The summed E-state index contributed by atoms with van der Waals surface area (Å²) in [4.78, 5) is 11.4. The third-order valence-corrected chi connectivity index (χ3v) is 3.82. The van der Waals surface area contributed by atoms with E-state index in [1.54, 1.807) is 12.1 Å². The summed E-state index contributed by atoms with van der Waals surface area (Å²) in [7, 11) is 1.38. The lowest BCUT2D eigenvalue weighted by molar-refractivity contribution is 0.0600. The van der Waals surface area contributed by atoms with Crippen molar-refractivity contribution in [3.05, 3.63) is 95.6 Å². The number of hydrogen-bond donors (Lipinski definition) is 0. The normalized spacial score (nSPS) is 10.7. The second-order valence-corrected chi connectivity index (χ2v) is 5.43. The van der Waals surface area contributed by atoms with Crippen LogP contribution in [0.4, 0.5) is 0 Å². The number of rotatable bonds is 4. The van der Waals surface area contributed by atoms with Gasteiger partial charge in [0.25, 0.3) is 0 Å². The molecule has 0 heterocycles. The summed E-state index contributed by atoms with van der Waals surface area (Å²) in [6.07, 6.45) is 4.08. The maximum atomic E-state index is 11.4. The van der Waals surface area contributed by atoms with Gasteiger partial charge in [-0.2, -0.15) is 0 Å². The number of esters is 1. The predicted octanol–water partition coefficient (Wildman–Crippen LogP) is 5.31. The fourth-order valence-corrected chi connectivity index (χ4v) is 2.46. The average molecular weight is 314 g/mol. The van der Waals surface area contributed by atoms with Crippen LogP contribution in [0, 0.1) is 0 Å². The fraction of sp³-hybridized carbons (Fsp3) is 0.0455. The van der Waals surface area contributed by atoms with E-state index in [0.717, 1.165) is 11.1 Å². The van der Waals surface area contributed by atoms with Crippen LogP contribution in [0.3, 0.4) is 0 Å². The van der Waals surface area contributed by atoms with Crippen molar-refractivity contribution in [2.75, 3.05) is 7.11 Å². The first-order chi connectivity index (χ1) is 11.8. The third kappa shape index (κ3) is 3.79. The first-order valence-electron chi connectivity index (χ1n) is 7.78. The van der Waals surface area contributed by atoms with Gasteiger partial charge in [-0.3, -0.25) is 0 Å². The van der Waals surface area contributed by atoms with Crippen LogP contribution in [0.2, 0.25) is 0 Å². The molecule has 118 valence electrons. The molecule has 24 heavy (non-hydrogen) atoms. The van der Waals surface area contributed by atoms with Crippen molar-refractivity contribution in [1.29, 1.82) is 0 Å². The molecule has 0 spiro atoms. The summed E-state index contributed by atoms with van der Waals surface area (Å²) in [6.45, 7) is 0. The summed E-state index contributed by atoms with van der Waals surface area (Å²) < 4.78 is 4.70. The second-order valence-electron chi connectivity index (χ2n) is 5.43. The summed E-state index contributed by atoms with van der Waals surface area (Å²) >= 11 is 0. The van der Waals surface area contributed by atoms with E-state index in [-0.39, 0.29) is 5.97 Å². The molecule has 2 heteroatoms. The molecule has 0 unspecified atom stereocenters. The molecule has 2 nitrogen and oxygen atoms in total. The van der Waals surface area contributed by atoms with Gasteiger partial charge < -0.3 is 4.74 Å². The average Bonchev–Trinajstić information content (AvgIpc) is 2.67. The minimum atomic E-state index is -0.318. The van der Waals surface area contributed by atoms with E-state index in [0.29, 0.717) is 5.56 Å². The molecule has 0 aliphatic rings. The van der Waals surface area contributed by atoms with E-state index in [1.165, 1.54) is 18.2 Å². The topological polar surface area (TPSA) is 26.3 Å². The second kappa shape index (κ2) is 7.42. The van der Waals surface area contributed by atoms with Gasteiger partial charge in [-0.25, -0.2) is 4.79 Å². The number of carbonyl (C=O) groups excluding carboxylic acids is 1. The molecule has 0 fully saturated rings. The Morgan fingerprint density at radius 3 is 1.75 bits per heavy atom. The Morgan fingerprint density at radius 1 is 0.708 bits per heavy atom. The maximum absolute atomic E-state index is 11.4. The Morgan fingerprint density at radius 2 is 1.21 bits per heavy atom. The molecular formula is C22H18O2. The van der Waals surface area contributed by atoms with E-state index in [2.05, 4.69) is 42.5 Å². The highest BCUT2D eigenvalue weighted by atomic mass is 16.5. The summed E-state index contributed by atoms with van der Waals surface area (Å²) in [6, 6.07) is 26.1. The molecule has 0 aliphatic heterocycles. The van der Waals surface area contributed by atoms with Gasteiger partial charge in [-0.15, -0.1) is 0 Å². The molecule has 0 radical (unpaired) electrons. The van der Waals surface area contributed by atoms with Gasteiger partial charge in [0.05, 0.1) is 12.7 Å². The molecule has 3 aromatic carbocycles. The SMILES string of the molecule is COC(=O)c1ccc(C=Cc2ccc(-c3ccccc3)cc2)cc1. The van der Waals surface area contributed by atoms with Crippen molar-refractivity contribution in [1.82, 2.24) is 0 Å². The van der Waals surface area contributed by atoms with Crippen molar-refractivity contribution in [3.8, 4) is 11.1 Å². The molecule has 0 aliphatic carbocycles. The number of ether oxygens (including phenoxy) is 1. The van der Waals surface area contributed by atoms with Crippen molar-refractivity contribution in [3.63, 3.8) is 0 Å². The predicted molar refractivity (Wildman–Crippen MR) is 98.6 cm³/mol. The molecule has 3 aromatic rings. The molecular weight excluding hydrogens is 296 g/mol. The van der Waals surface area contributed by atoms with Crippen LogP contribution in [-0.2, 0) is 4.74 Å². The van der Waals surface area contributed by atoms with Crippen molar-refractivity contribution < 1.29 is 9.53 Å². The van der Waals surface area contributed by atoms with E-state index < -0.39 is 0 Å². The first kappa shape index (κ1) is 15.8.